The molecule has 1 heterocycles. The molecule has 1 atom stereocenters. The third-order valence-corrected chi connectivity index (χ3v) is 1.82. The van der Waals surface area contributed by atoms with E-state index in [1.807, 2.05) is 0 Å². The molecule has 1 N–H and O–H groups in total. The molecule has 0 aliphatic rings. The standard InChI is InChI=1S/C7H7BrF2N2O/c1-4-11-3-2-5(12-4)6(13)7(8,9)10/h2-3,6,13H,1H3. The lowest BCUT2D eigenvalue weighted by molar-refractivity contribution is -0.0318. The highest BCUT2D eigenvalue weighted by Gasteiger charge is 2.37. The third-order valence-electron chi connectivity index (χ3n) is 1.39. The Hall–Kier alpha value is -0.620. The molecule has 6 heteroatoms. The third kappa shape index (κ3) is 2.67. The van der Waals surface area contributed by atoms with Gasteiger partial charge in [0.15, 0.2) is 6.10 Å². The van der Waals surface area contributed by atoms with Gasteiger partial charge >= 0.3 is 4.83 Å². The molecule has 0 aliphatic carbocycles. The summed E-state index contributed by atoms with van der Waals surface area (Å²) >= 11 is 2.06. The van der Waals surface area contributed by atoms with Crippen molar-refractivity contribution in [2.75, 3.05) is 0 Å². The Morgan fingerprint density at radius 2 is 2.23 bits per heavy atom. The van der Waals surface area contributed by atoms with Crippen molar-refractivity contribution in [2.24, 2.45) is 0 Å². The average Bonchev–Trinajstić information content (AvgIpc) is 2.01. The average molecular weight is 253 g/mol. The highest BCUT2D eigenvalue weighted by Crippen LogP contribution is 2.35. The zero-order chi connectivity index (χ0) is 10.1. The summed E-state index contributed by atoms with van der Waals surface area (Å²) in [5.74, 6) is 0.341. The van der Waals surface area contributed by atoms with Gasteiger partial charge in [-0.25, -0.2) is 9.97 Å². The van der Waals surface area contributed by atoms with Gasteiger partial charge in [0.05, 0.1) is 5.69 Å². The number of hydrogen-bond acceptors (Lipinski definition) is 3. The van der Waals surface area contributed by atoms with Gasteiger partial charge in [-0.1, -0.05) is 0 Å². The predicted molar refractivity (Wildman–Crippen MR) is 45.6 cm³/mol. The van der Waals surface area contributed by atoms with Crippen LogP contribution in [0.4, 0.5) is 8.78 Å². The summed E-state index contributed by atoms with van der Waals surface area (Å²) in [5.41, 5.74) is -0.102. The number of aromatic nitrogens is 2. The molecule has 0 saturated carbocycles. The SMILES string of the molecule is Cc1nccc(C(O)C(F)(F)Br)n1. The largest absolute Gasteiger partial charge is 0.380 e. The fourth-order valence-corrected chi connectivity index (χ4v) is 1.03. The van der Waals surface area contributed by atoms with Crippen LogP contribution in [0.1, 0.15) is 17.6 Å². The van der Waals surface area contributed by atoms with Gasteiger partial charge in [0, 0.05) is 6.20 Å². The van der Waals surface area contributed by atoms with E-state index in [0.717, 1.165) is 0 Å². The Morgan fingerprint density at radius 3 is 2.69 bits per heavy atom. The van der Waals surface area contributed by atoms with Gasteiger partial charge in [0.1, 0.15) is 5.82 Å². The molecule has 0 spiro atoms. The van der Waals surface area contributed by atoms with Crippen molar-refractivity contribution in [3.63, 3.8) is 0 Å². The summed E-state index contributed by atoms with van der Waals surface area (Å²) in [7, 11) is 0. The second kappa shape index (κ2) is 3.63. The zero-order valence-corrected chi connectivity index (χ0v) is 8.29. The van der Waals surface area contributed by atoms with Crippen molar-refractivity contribution in [2.45, 2.75) is 17.9 Å². The molecule has 3 nitrogen and oxygen atoms in total. The summed E-state index contributed by atoms with van der Waals surface area (Å²) in [6, 6.07) is 1.24. The van der Waals surface area contributed by atoms with E-state index in [1.54, 1.807) is 6.92 Å². The van der Waals surface area contributed by atoms with E-state index in [2.05, 4.69) is 25.9 Å². The first-order valence-corrected chi connectivity index (χ1v) is 4.25. The molecular formula is C7H7BrF2N2O. The molecule has 0 aromatic carbocycles. The maximum atomic E-state index is 12.5. The number of aryl methyl sites for hydroxylation is 1. The maximum Gasteiger partial charge on any atom is 0.332 e. The molecule has 1 unspecified atom stereocenters. The summed E-state index contributed by atoms with van der Waals surface area (Å²) in [6.07, 6.45) is -0.631. The molecule has 0 bridgehead atoms. The molecule has 1 rings (SSSR count). The molecule has 0 aliphatic heterocycles. The molecule has 0 saturated heterocycles. The number of rotatable bonds is 2. The first kappa shape index (κ1) is 10.5. The lowest BCUT2D eigenvalue weighted by Gasteiger charge is -2.15. The van der Waals surface area contributed by atoms with Crippen LogP contribution in [-0.4, -0.2) is 19.9 Å². The van der Waals surface area contributed by atoms with Gasteiger partial charge < -0.3 is 5.11 Å². The van der Waals surface area contributed by atoms with Crippen molar-refractivity contribution < 1.29 is 13.9 Å². The van der Waals surface area contributed by atoms with Crippen LogP contribution in [0.25, 0.3) is 0 Å². The second-order valence-electron chi connectivity index (χ2n) is 2.47. The molecule has 1 aromatic rings. The number of aliphatic hydroxyl groups is 1. The van der Waals surface area contributed by atoms with Crippen LogP contribution in [0.2, 0.25) is 0 Å². The van der Waals surface area contributed by atoms with Crippen LogP contribution >= 0.6 is 15.9 Å². The Bertz CT molecular complexity index is 303. The van der Waals surface area contributed by atoms with E-state index in [9.17, 15) is 8.78 Å². The normalized spacial score (nSPS) is 14.2. The van der Waals surface area contributed by atoms with E-state index in [0.29, 0.717) is 5.82 Å². The number of hydrogen-bond donors (Lipinski definition) is 1. The second-order valence-corrected chi connectivity index (χ2v) is 3.53. The number of halogens is 3. The van der Waals surface area contributed by atoms with Gasteiger partial charge in [0.25, 0.3) is 0 Å². The Kier molecular flexibility index (Phi) is 2.92. The number of alkyl halides is 3. The minimum atomic E-state index is -3.37. The fourth-order valence-electron chi connectivity index (χ4n) is 0.794. The predicted octanol–water partition coefficient (Wildman–Crippen LogP) is 1.81. The lowest BCUT2D eigenvalue weighted by atomic mass is 10.2. The monoisotopic (exact) mass is 252 g/mol. The van der Waals surface area contributed by atoms with Crippen molar-refractivity contribution in [1.29, 1.82) is 0 Å². The summed E-state index contributed by atoms with van der Waals surface area (Å²) in [5, 5.41) is 9.09. The molecule has 0 fully saturated rings. The van der Waals surface area contributed by atoms with E-state index in [-0.39, 0.29) is 5.69 Å². The summed E-state index contributed by atoms with van der Waals surface area (Å²) < 4.78 is 25.1. The molecule has 0 amide bonds. The van der Waals surface area contributed by atoms with E-state index >= 15 is 0 Å². The van der Waals surface area contributed by atoms with Crippen molar-refractivity contribution >= 4 is 15.9 Å². The van der Waals surface area contributed by atoms with E-state index in [1.165, 1.54) is 12.3 Å². The smallest absolute Gasteiger partial charge is 0.332 e. The number of nitrogens with zero attached hydrogens (tertiary/aromatic N) is 2. The molecule has 1 aromatic heterocycles. The van der Waals surface area contributed by atoms with Crippen LogP contribution < -0.4 is 0 Å². The van der Waals surface area contributed by atoms with Crippen molar-refractivity contribution in [3.05, 3.63) is 23.8 Å². The maximum absolute atomic E-state index is 12.5. The highest BCUT2D eigenvalue weighted by atomic mass is 79.9. The fraction of sp³-hybridized carbons (Fsp3) is 0.429. The van der Waals surface area contributed by atoms with Gasteiger partial charge in [-0.3, -0.25) is 0 Å². The molecule has 13 heavy (non-hydrogen) atoms. The van der Waals surface area contributed by atoms with Crippen LogP contribution in [0.15, 0.2) is 12.3 Å². The van der Waals surface area contributed by atoms with Crippen LogP contribution in [0.3, 0.4) is 0 Å². The Morgan fingerprint density at radius 1 is 1.62 bits per heavy atom. The van der Waals surface area contributed by atoms with Crippen molar-refractivity contribution in [1.82, 2.24) is 9.97 Å². The van der Waals surface area contributed by atoms with Gasteiger partial charge in [-0.05, 0) is 28.9 Å². The quantitative estimate of drug-likeness (QED) is 0.817. The van der Waals surface area contributed by atoms with Gasteiger partial charge in [0.2, 0.25) is 0 Å². The minimum absolute atomic E-state index is 0.102. The van der Waals surface area contributed by atoms with Gasteiger partial charge in [-0.2, -0.15) is 8.78 Å². The Labute approximate surface area is 82.0 Å². The summed E-state index contributed by atoms with van der Waals surface area (Å²) in [4.78, 5) is 4.02. The van der Waals surface area contributed by atoms with Crippen LogP contribution in [0, 0.1) is 6.92 Å². The Balaban J connectivity index is 2.96. The van der Waals surface area contributed by atoms with Gasteiger partial charge in [-0.15, -0.1) is 0 Å². The summed E-state index contributed by atoms with van der Waals surface area (Å²) in [6.45, 7) is 1.56. The topological polar surface area (TPSA) is 46.0 Å². The van der Waals surface area contributed by atoms with E-state index in [4.69, 9.17) is 5.11 Å². The van der Waals surface area contributed by atoms with Crippen LogP contribution in [-0.2, 0) is 0 Å². The molecule has 72 valence electrons. The van der Waals surface area contributed by atoms with E-state index < -0.39 is 10.9 Å². The minimum Gasteiger partial charge on any atom is -0.380 e. The lowest BCUT2D eigenvalue weighted by Crippen LogP contribution is -2.19. The molecular weight excluding hydrogens is 246 g/mol. The zero-order valence-electron chi connectivity index (χ0n) is 6.71. The van der Waals surface area contributed by atoms with Crippen LogP contribution in [0.5, 0.6) is 0 Å². The first-order chi connectivity index (χ1) is 5.91. The molecule has 0 radical (unpaired) electrons. The first-order valence-electron chi connectivity index (χ1n) is 3.45. The van der Waals surface area contributed by atoms with Crippen molar-refractivity contribution in [3.8, 4) is 0 Å². The highest BCUT2D eigenvalue weighted by molar-refractivity contribution is 9.10. The number of aliphatic hydroxyl groups excluding tert-OH is 1.